The summed E-state index contributed by atoms with van der Waals surface area (Å²) in [6, 6.07) is 2.43. The number of rotatable bonds is 0. The van der Waals surface area contributed by atoms with Crippen LogP contribution in [-0.2, 0) is 12.0 Å². The third kappa shape index (κ3) is 1.17. The highest BCUT2D eigenvalue weighted by molar-refractivity contribution is 7.12. The molecule has 76 valence electrons. The van der Waals surface area contributed by atoms with Crippen LogP contribution >= 0.6 is 11.3 Å². The summed E-state index contributed by atoms with van der Waals surface area (Å²) >= 11 is 2.01. The first kappa shape index (κ1) is 8.93. The number of aryl methyl sites for hydroxylation is 1. The first-order valence-electron chi connectivity index (χ1n) is 5.65. The van der Waals surface area contributed by atoms with E-state index < -0.39 is 0 Å². The molecular formula is C12H17NS. The molecule has 1 aromatic heterocycles. The maximum Gasteiger partial charge on any atom is 0.0445 e. The molecule has 1 aliphatic heterocycles. The Bertz CT molecular complexity index is 347. The van der Waals surface area contributed by atoms with Gasteiger partial charge in [-0.1, -0.05) is 12.8 Å². The van der Waals surface area contributed by atoms with E-state index in [9.17, 15) is 0 Å². The molecule has 0 unspecified atom stereocenters. The lowest BCUT2D eigenvalue weighted by atomic mass is 9.85. The van der Waals surface area contributed by atoms with Crippen LogP contribution in [0.3, 0.4) is 0 Å². The highest BCUT2D eigenvalue weighted by Gasteiger charge is 2.39. The Labute approximate surface area is 89.5 Å². The normalized spacial score (nSPS) is 24.1. The van der Waals surface area contributed by atoms with Gasteiger partial charge in [-0.2, -0.15) is 0 Å². The zero-order valence-corrected chi connectivity index (χ0v) is 9.54. The molecule has 0 radical (unpaired) electrons. The minimum Gasteiger partial charge on any atom is -0.307 e. The number of hydrogen-bond donors (Lipinski definition) is 1. The Morgan fingerprint density at radius 2 is 2.14 bits per heavy atom. The zero-order chi connectivity index (χ0) is 9.60. The summed E-state index contributed by atoms with van der Waals surface area (Å²) in [4.78, 5) is 3.15. The Kier molecular flexibility index (Phi) is 1.96. The molecule has 2 aliphatic rings. The van der Waals surface area contributed by atoms with Gasteiger partial charge in [-0.15, -0.1) is 11.3 Å². The van der Waals surface area contributed by atoms with Gasteiger partial charge in [-0.3, -0.25) is 0 Å². The highest BCUT2D eigenvalue weighted by atomic mass is 32.1. The maximum atomic E-state index is 3.77. The van der Waals surface area contributed by atoms with Crippen LogP contribution in [0.2, 0.25) is 0 Å². The van der Waals surface area contributed by atoms with Gasteiger partial charge in [0.25, 0.3) is 0 Å². The lowest BCUT2D eigenvalue weighted by molar-refractivity contribution is 0.327. The van der Waals surface area contributed by atoms with Crippen molar-refractivity contribution in [2.45, 2.75) is 44.6 Å². The van der Waals surface area contributed by atoms with E-state index in [0.29, 0.717) is 5.54 Å². The van der Waals surface area contributed by atoms with Crippen molar-refractivity contribution in [1.29, 1.82) is 0 Å². The van der Waals surface area contributed by atoms with E-state index in [0.717, 1.165) is 0 Å². The molecule has 1 spiro atoms. The van der Waals surface area contributed by atoms with Crippen molar-refractivity contribution in [2.24, 2.45) is 0 Å². The Morgan fingerprint density at radius 3 is 2.93 bits per heavy atom. The topological polar surface area (TPSA) is 12.0 Å². The fraction of sp³-hybridized carbons (Fsp3) is 0.667. The lowest BCUT2D eigenvalue weighted by Gasteiger charge is -2.35. The van der Waals surface area contributed by atoms with E-state index in [1.54, 1.807) is 10.4 Å². The van der Waals surface area contributed by atoms with E-state index in [2.05, 4.69) is 18.3 Å². The first-order valence-corrected chi connectivity index (χ1v) is 6.47. The van der Waals surface area contributed by atoms with Crippen LogP contribution in [0, 0.1) is 6.92 Å². The number of hydrogen-bond acceptors (Lipinski definition) is 2. The van der Waals surface area contributed by atoms with Gasteiger partial charge < -0.3 is 5.32 Å². The monoisotopic (exact) mass is 207 g/mol. The van der Waals surface area contributed by atoms with E-state index >= 15 is 0 Å². The van der Waals surface area contributed by atoms with Crippen LogP contribution < -0.4 is 5.32 Å². The smallest absolute Gasteiger partial charge is 0.0445 e. The molecule has 1 aliphatic carbocycles. The number of fused-ring (bicyclic) bond motifs is 2. The summed E-state index contributed by atoms with van der Waals surface area (Å²) in [5.74, 6) is 0. The lowest BCUT2D eigenvalue weighted by Crippen LogP contribution is -2.44. The second-order valence-electron chi connectivity index (χ2n) is 4.66. The fourth-order valence-electron chi connectivity index (χ4n) is 3.09. The second kappa shape index (κ2) is 3.07. The van der Waals surface area contributed by atoms with Crippen molar-refractivity contribution in [3.63, 3.8) is 0 Å². The van der Waals surface area contributed by atoms with Gasteiger partial charge in [0.1, 0.15) is 0 Å². The van der Waals surface area contributed by atoms with Crippen LogP contribution in [0.15, 0.2) is 6.07 Å². The molecule has 1 N–H and O–H groups in total. The number of thiophene rings is 1. The maximum absolute atomic E-state index is 3.77. The molecule has 0 aromatic carbocycles. The van der Waals surface area contributed by atoms with Crippen LogP contribution in [0.1, 0.15) is 41.0 Å². The minimum atomic E-state index is 0.387. The SMILES string of the molecule is Cc1cc2c(s1)CCNC21CCCC1. The van der Waals surface area contributed by atoms with Crippen LogP contribution in [0.25, 0.3) is 0 Å². The third-order valence-corrected chi connectivity index (χ3v) is 4.83. The average molecular weight is 207 g/mol. The van der Waals surface area contributed by atoms with E-state index in [4.69, 9.17) is 0 Å². The molecule has 0 saturated heterocycles. The van der Waals surface area contributed by atoms with E-state index in [1.807, 2.05) is 11.3 Å². The van der Waals surface area contributed by atoms with Crippen LogP contribution in [0.4, 0.5) is 0 Å². The summed E-state index contributed by atoms with van der Waals surface area (Å²) in [5.41, 5.74) is 2.03. The van der Waals surface area contributed by atoms with Gasteiger partial charge >= 0.3 is 0 Å². The summed E-state index contributed by atoms with van der Waals surface area (Å²) in [6.45, 7) is 3.43. The molecule has 0 atom stereocenters. The van der Waals surface area contributed by atoms with Gasteiger partial charge in [0.2, 0.25) is 0 Å². The predicted molar refractivity (Wildman–Crippen MR) is 60.9 cm³/mol. The highest BCUT2D eigenvalue weighted by Crippen LogP contribution is 2.44. The summed E-state index contributed by atoms with van der Waals surface area (Å²) in [6.07, 6.45) is 6.77. The van der Waals surface area contributed by atoms with E-state index in [1.165, 1.54) is 43.5 Å². The van der Waals surface area contributed by atoms with Crippen molar-refractivity contribution in [3.05, 3.63) is 21.4 Å². The Balaban J connectivity index is 2.09. The summed E-state index contributed by atoms with van der Waals surface area (Å²) in [5, 5.41) is 3.77. The van der Waals surface area contributed by atoms with Gasteiger partial charge in [0.15, 0.2) is 0 Å². The van der Waals surface area contributed by atoms with Crippen molar-refractivity contribution in [3.8, 4) is 0 Å². The van der Waals surface area contributed by atoms with Gasteiger partial charge in [-0.05, 0) is 37.8 Å². The van der Waals surface area contributed by atoms with Crippen molar-refractivity contribution in [1.82, 2.24) is 5.32 Å². The quantitative estimate of drug-likeness (QED) is 0.689. The van der Waals surface area contributed by atoms with Crippen LogP contribution in [-0.4, -0.2) is 6.54 Å². The molecule has 0 bridgehead atoms. The Morgan fingerprint density at radius 1 is 1.36 bits per heavy atom. The molecule has 1 aromatic rings. The zero-order valence-electron chi connectivity index (χ0n) is 8.73. The van der Waals surface area contributed by atoms with Crippen molar-refractivity contribution >= 4 is 11.3 Å². The van der Waals surface area contributed by atoms with Crippen LogP contribution in [0.5, 0.6) is 0 Å². The van der Waals surface area contributed by atoms with E-state index in [-0.39, 0.29) is 0 Å². The molecule has 2 heteroatoms. The molecule has 3 rings (SSSR count). The second-order valence-corrected chi connectivity index (χ2v) is 6.00. The molecule has 1 fully saturated rings. The van der Waals surface area contributed by atoms with Gasteiger partial charge in [-0.25, -0.2) is 0 Å². The average Bonchev–Trinajstić information content (AvgIpc) is 2.74. The molecule has 1 nitrogen and oxygen atoms in total. The number of nitrogens with one attached hydrogen (secondary N) is 1. The standard InChI is InChI=1S/C12H17NS/c1-9-8-10-11(14-9)4-7-13-12(10)5-2-3-6-12/h8,13H,2-7H2,1H3. The molecule has 1 saturated carbocycles. The molecule has 14 heavy (non-hydrogen) atoms. The largest absolute Gasteiger partial charge is 0.307 e. The summed E-state index contributed by atoms with van der Waals surface area (Å²) < 4.78 is 0. The van der Waals surface area contributed by atoms with Crippen molar-refractivity contribution in [2.75, 3.05) is 6.54 Å². The third-order valence-electron chi connectivity index (χ3n) is 3.72. The summed E-state index contributed by atoms with van der Waals surface area (Å²) in [7, 11) is 0. The predicted octanol–water partition coefficient (Wildman–Crippen LogP) is 2.97. The molecular weight excluding hydrogens is 190 g/mol. The Hall–Kier alpha value is -0.340. The molecule has 2 heterocycles. The van der Waals surface area contributed by atoms with Gasteiger partial charge in [0.05, 0.1) is 0 Å². The van der Waals surface area contributed by atoms with Gasteiger partial charge in [0, 0.05) is 21.8 Å². The first-order chi connectivity index (χ1) is 6.80. The fourth-order valence-corrected chi connectivity index (χ4v) is 4.22. The molecule has 0 amide bonds. The minimum absolute atomic E-state index is 0.387. The van der Waals surface area contributed by atoms with Crippen molar-refractivity contribution < 1.29 is 0 Å².